The van der Waals surface area contributed by atoms with Crippen LogP contribution in [0.2, 0.25) is 0 Å². The number of halogens is 2. The minimum absolute atomic E-state index is 0.0174. The molecule has 18 heavy (non-hydrogen) atoms. The number of rotatable bonds is 3. The monoisotopic (exact) mass is 359 g/mol. The van der Waals surface area contributed by atoms with Crippen LogP contribution in [-0.4, -0.2) is 20.9 Å². The molecule has 0 saturated carbocycles. The number of benzene rings is 1. The van der Waals surface area contributed by atoms with Crippen molar-refractivity contribution in [1.82, 2.24) is 14.8 Å². The SMILES string of the molecule is CC1OC1(Cn1cncn1)c1ccc(I)cc1F. The molecular weight excluding hydrogens is 348 g/mol. The Bertz CT molecular complexity index is 575. The molecule has 0 aliphatic carbocycles. The van der Waals surface area contributed by atoms with E-state index in [9.17, 15) is 4.39 Å². The molecule has 1 fully saturated rings. The second-order valence-corrected chi connectivity index (χ2v) is 5.61. The van der Waals surface area contributed by atoms with Crippen molar-refractivity contribution < 1.29 is 9.13 Å². The van der Waals surface area contributed by atoms with Gasteiger partial charge in [-0.25, -0.2) is 14.1 Å². The maximum absolute atomic E-state index is 14.1. The Balaban J connectivity index is 1.97. The number of ether oxygens (including phenoxy) is 1. The molecule has 3 rings (SSSR count). The highest BCUT2D eigenvalue weighted by Gasteiger charge is 2.56. The molecule has 1 aromatic carbocycles. The third-order valence-corrected chi connectivity index (χ3v) is 3.91. The van der Waals surface area contributed by atoms with Crippen molar-refractivity contribution >= 4 is 22.6 Å². The summed E-state index contributed by atoms with van der Waals surface area (Å²) < 4.78 is 22.3. The molecule has 1 aliphatic rings. The van der Waals surface area contributed by atoms with Crippen LogP contribution in [0.4, 0.5) is 4.39 Å². The Hall–Kier alpha value is -1.02. The molecule has 0 radical (unpaired) electrons. The maximum Gasteiger partial charge on any atom is 0.142 e. The standard InChI is InChI=1S/C12H11FIN3O/c1-8-12(18-8,5-17-7-15-6-16-17)10-3-2-9(14)4-11(10)13/h2-4,6-8H,5H2,1H3. The third kappa shape index (κ3) is 1.93. The lowest BCUT2D eigenvalue weighted by molar-refractivity contribution is 0.258. The molecule has 2 atom stereocenters. The first-order chi connectivity index (χ1) is 8.62. The van der Waals surface area contributed by atoms with Crippen molar-refractivity contribution in [2.24, 2.45) is 0 Å². The number of nitrogens with zero attached hydrogens (tertiary/aromatic N) is 3. The van der Waals surface area contributed by atoms with Gasteiger partial charge in [0, 0.05) is 9.13 Å². The predicted octanol–water partition coefficient (Wildman–Crippen LogP) is 2.34. The summed E-state index contributed by atoms with van der Waals surface area (Å²) in [6.07, 6.45) is 3.06. The summed E-state index contributed by atoms with van der Waals surface area (Å²) in [5.41, 5.74) is -0.0202. The fraction of sp³-hybridized carbons (Fsp3) is 0.333. The quantitative estimate of drug-likeness (QED) is 0.624. The molecule has 0 spiro atoms. The van der Waals surface area contributed by atoms with Crippen LogP contribution < -0.4 is 0 Å². The van der Waals surface area contributed by atoms with E-state index in [1.165, 1.54) is 12.4 Å². The van der Waals surface area contributed by atoms with Gasteiger partial charge in [-0.15, -0.1) is 0 Å². The Morgan fingerprint density at radius 2 is 2.33 bits per heavy atom. The van der Waals surface area contributed by atoms with Gasteiger partial charge in [-0.05, 0) is 41.6 Å². The van der Waals surface area contributed by atoms with E-state index in [0.717, 1.165) is 3.57 Å². The zero-order valence-electron chi connectivity index (χ0n) is 9.68. The highest BCUT2D eigenvalue weighted by atomic mass is 127. The Morgan fingerprint density at radius 3 is 2.89 bits per heavy atom. The van der Waals surface area contributed by atoms with Crippen LogP contribution >= 0.6 is 22.6 Å². The van der Waals surface area contributed by atoms with Gasteiger partial charge in [0.2, 0.25) is 0 Å². The van der Waals surface area contributed by atoms with Gasteiger partial charge in [0.05, 0.1) is 12.6 Å². The smallest absolute Gasteiger partial charge is 0.142 e. The van der Waals surface area contributed by atoms with Gasteiger partial charge in [0.25, 0.3) is 0 Å². The number of aromatic nitrogens is 3. The van der Waals surface area contributed by atoms with Crippen molar-refractivity contribution in [3.63, 3.8) is 0 Å². The summed E-state index contributed by atoms with van der Waals surface area (Å²) in [7, 11) is 0. The largest absolute Gasteiger partial charge is 0.359 e. The van der Waals surface area contributed by atoms with Gasteiger partial charge in [-0.1, -0.05) is 6.07 Å². The normalized spacial score (nSPS) is 26.3. The van der Waals surface area contributed by atoms with Crippen molar-refractivity contribution in [3.05, 3.63) is 45.8 Å². The topological polar surface area (TPSA) is 43.2 Å². The molecule has 0 amide bonds. The van der Waals surface area contributed by atoms with Gasteiger partial charge < -0.3 is 4.74 Å². The molecular formula is C12H11FIN3O. The van der Waals surface area contributed by atoms with E-state index < -0.39 is 5.60 Å². The molecule has 2 unspecified atom stereocenters. The van der Waals surface area contributed by atoms with Crippen molar-refractivity contribution in [2.75, 3.05) is 0 Å². The van der Waals surface area contributed by atoms with Crippen molar-refractivity contribution in [3.8, 4) is 0 Å². The maximum atomic E-state index is 14.1. The van der Waals surface area contributed by atoms with Crippen molar-refractivity contribution in [1.29, 1.82) is 0 Å². The van der Waals surface area contributed by atoms with Crippen LogP contribution in [0.15, 0.2) is 30.9 Å². The molecule has 4 nitrogen and oxygen atoms in total. The molecule has 6 heteroatoms. The first-order valence-electron chi connectivity index (χ1n) is 5.57. The molecule has 0 bridgehead atoms. The highest BCUT2D eigenvalue weighted by Crippen LogP contribution is 2.48. The van der Waals surface area contributed by atoms with Crippen LogP contribution in [0.25, 0.3) is 0 Å². The van der Waals surface area contributed by atoms with Crippen LogP contribution in [0.3, 0.4) is 0 Å². The predicted molar refractivity (Wildman–Crippen MR) is 71.4 cm³/mol. The van der Waals surface area contributed by atoms with E-state index in [1.54, 1.807) is 17.1 Å². The van der Waals surface area contributed by atoms with Gasteiger partial charge in [-0.2, -0.15) is 5.10 Å². The first-order valence-corrected chi connectivity index (χ1v) is 6.65. The molecule has 2 aromatic rings. The van der Waals surface area contributed by atoms with Crippen LogP contribution in [0.1, 0.15) is 12.5 Å². The number of hydrogen-bond donors (Lipinski definition) is 0. The Labute approximate surface area is 117 Å². The molecule has 1 aromatic heterocycles. The Kier molecular flexibility index (Phi) is 2.86. The second-order valence-electron chi connectivity index (χ2n) is 4.37. The van der Waals surface area contributed by atoms with Gasteiger partial charge in [0.15, 0.2) is 0 Å². The highest BCUT2D eigenvalue weighted by molar-refractivity contribution is 14.1. The van der Waals surface area contributed by atoms with E-state index in [-0.39, 0.29) is 11.9 Å². The van der Waals surface area contributed by atoms with E-state index in [0.29, 0.717) is 12.1 Å². The fourth-order valence-electron chi connectivity index (χ4n) is 2.20. The van der Waals surface area contributed by atoms with E-state index in [1.807, 2.05) is 13.0 Å². The summed E-state index contributed by atoms with van der Waals surface area (Å²) in [6.45, 7) is 2.42. The zero-order chi connectivity index (χ0) is 12.8. The van der Waals surface area contributed by atoms with Crippen LogP contribution in [0.5, 0.6) is 0 Å². The first kappa shape index (κ1) is 12.0. The third-order valence-electron chi connectivity index (χ3n) is 3.24. The van der Waals surface area contributed by atoms with E-state index >= 15 is 0 Å². The van der Waals surface area contributed by atoms with Crippen LogP contribution in [-0.2, 0) is 16.9 Å². The lowest BCUT2D eigenvalue weighted by atomic mass is 9.95. The van der Waals surface area contributed by atoms with Gasteiger partial charge >= 0.3 is 0 Å². The molecule has 1 aliphatic heterocycles. The summed E-state index contributed by atoms with van der Waals surface area (Å²) >= 11 is 2.09. The minimum atomic E-state index is -0.609. The summed E-state index contributed by atoms with van der Waals surface area (Å²) in [5, 5.41) is 4.05. The van der Waals surface area contributed by atoms with Crippen LogP contribution in [0, 0.1) is 9.39 Å². The lowest BCUT2D eigenvalue weighted by Gasteiger charge is -2.14. The molecule has 2 heterocycles. The molecule has 0 N–H and O–H groups in total. The second kappa shape index (κ2) is 4.27. The zero-order valence-corrected chi connectivity index (χ0v) is 11.8. The van der Waals surface area contributed by atoms with Crippen molar-refractivity contribution in [2.45, 2.75) is 25.2 Å². The van der Waals surface area contributed by atoms with Gasteiger partial charge in [-0.3, -0.25) is 0 Å². The van der Waals surface area contributed by atoms with E-state index in [4.69, 9.17) is 4.74 Å². The Morgan fingerprint density at radius 1 is 1.56 bits per heavy atom. The van der Waals surface area contributed by atoms with E-state index in [2.05, 4.69) is 32.7 Å². The minimum Gasteiger partial charge on any atom is -0.359 e. The summed E-state index contributed by atoms with van der Waals surface area (Å²) in [6, 6.07) is 5.20. The fourth-order valence-corrected chi connectivity index (χ4v) is 2.66. The average Bonchev–Trinajstić information content (AvgIpc) is 2.75. The summed E-state index contributed by atoms with van der Waals surface area (Å²) in [5.74, 6) is -0.230. The summed E-state index contributed by atoms with van der Waals surface area (Å²) in [4.78, 5) is 3.89. The number of hydrogen-bond acceptors (Lipinski definition) is 3. The lowest BCUT2D eigenvalue weighted by Crippen LogP contribution is -2.22. The molecule has 94 valence electrons. The number of epoxide rings is 1. The van der Waals surface area contributed by atoms with Gasteiger partial charge in [0.1, 0.15) is 24.1 Å². The molecule has 1 saturated heterocycles. The average molecular weight is 359 g/mol.